The maximum atomic E-state index is 11.2. The number of rotatable bonds is 1. The molecule has 0 aromatic carbocycles. The van der Waals surface area contributed by atoms with Gasteiger partial charge < -0.3 is 10.6 Å². The van der Waals surface area contributed by atoms with Gasteiger partial charge in [0, 0.05) is 6.04 Å². The molecule has 4 nitrogen and oxygen atoms in total. The number of nitrogens with two attached hydrogens (primary N) is 1. The van der Waals surface area contributed by atoms with Crippen molar-refractivity contribution in [1.82, 2.24) is 4.90 Å². The maximum Gasteiger partial charge on any atom is 0.237 e. The molecule has 1 amide bonds. The molecule has 0 aromatic rings. The lowest BCUT2D eigenvalue weighted by atomic mass is 10.2. The average Bonchev–Trinajstić information content (AvgIpc) is 2.45. The van der Waals surface area contributed by atoms with E-state index < -0.39 is 0 Å². The van der Waals surface area contributed by atoms with Crippen LogP contribution in [0.3, 0.4) is 0 Å². The zero-order valence-electron chi connectivity index (χ0n) is 7.16. The van der Waals surface area contributed by atoms with Crippen LogP contribution in [0.15, 0.2) is 0 Å². The van der Waals surface area contributed by atoms with Gasteiger partial charge in [-0.3, -0.25) is 4.79 Å². The fourth-order valence-electron chi connectivity index (χ4n) is 1.64. The van der Waals surface area contributed by atoms with Crippen molar-refractivity contribution >= 4 is 5.91 Å². The molecule has 1 aliphatic heterocycles. The SMILES string of the molecule is C[C@@H]1CCC(C#N)N1C(=O)CN. The first-order valence-electron chi connectivity index (χ1n) is 4.11. The highest BCUT2D eigenvalue weighted by Gasteiger charge is 2.33. The third-order valence-corrected chi connectivity index (χ3v) is 2.28. The van der Waals surface area contributed by atoms with Gasteiger partial charge in [0.2, 0.25) is 5.91 Å². The molecule has 1 saturated heterocycles. The zero-order valence-corrected chi connectivity index (χ0v) is 7.16. The number of carbonyl (C=O) groups excluding carboxylic acids is 1. The number of nitriles is 1. The van der Waals surface area contributed by atoms with Crippen LogP contribution in [0.1, 0.15) is 19.8 Å². The molecule has 0 aromatic heterocycles. The molecule has 1 rings (SSSR count). The number of hydrogen-bond acceptors (Lipinski definition) is 3. The topological polar surface area (TPSA) is 70.1 Å². The second kappa shape index (κ2) is 3.55. The molecule has 0 spiro atoms. The molecule has 0 radical (unpaired) electrons. The predicted molar refractivity (Wildman–Crippen MR) is 44.0 cm³/mol. The lowest BCUT2D eigenvalue weighted by Gasteiger charge is -2.23. The summed E-state index contributed by atoms with van der Waals surface area (Å²) in [5.41, 5.74) is 5.23. The van der Waals surface area contributed by atoms with E-state index in [9.17, 15) is 4.79 Å². The van der Waals surface area contributed by atoms with Crippen LogP contribution in [0.2, 0.25) is 0 Å². The number of hydrogen-bond donors (Lipinski definition) is 1. The second-order valence-electron chi connectivity index (χ2n) is 3.08. The molecule has 0 saturated carbocycles. The quantitative estimate of drug-likeness (QED) is 0.590. The van der Waals surface area contributed by atoms with Crippen molar-refractivity contribution in [1.29, 1.82) is 5.26 Å². The van der Waals surface area contributed by atoms with E-state index in [2.05, 4.69) is 6.07 Å². The largest absolute Gasteiger partial charge is 0.323 e. The molecule has 2 atom stereocenters. The van der Waals surface area contributed by atoms with Gasteiger partial charge in [-0.15, -0.1) is 0 Å². The Morgan fingerprint density at radius 2 is 2.42 bits per heavy atom. The van der Waals surface area contributed by atoms with Crippen LogP contribution < -0.4 is 5.73 Å². The van der Waals surface area contributed by atoms with Crippen molar-refractivity contribution in [3.05, 3.63) is 0 Å². The van der Waals surface area contributed by atoms with Crippen LogP contribution in [0.25, 0.3) is 0 Å². The van der Waals surface area contributed by atoms with Gasteiger partial charge in [-0.25, -0.2) is 0 Å². The third-order valence-electron chi connectivity index (χ3n) is 2.28. The van der Waals surface area contributed by atoms with Crippen LogP contribution >= 0.6 is 0 Å². The predicted octanol–water partition coefficient (Wildman–Crippen LogP) is -0.152. The molecule has 4 heteroatoms. The standard InChI is InChI=1S/C8H13N3O/c1-6-2-3-7(4-9)11(6)8(12)5-10/h6-7H,2-3,5,10H2,1H3/t6-,7?/m1/s1. The highest BCUT2D eigenvalue weighted by Crippen LogP contribution is 2.22. The Balaban J connectivity index is 2.71. The van der Waals surface area contributed by atoms with Crippen molar-refractivity contribution in [2.45, 2.75) is 31.8 Å². The van der Waals surface area contributed by atoms with Crippen LogP contribution in [-0.4, -0.2) is 29.4 Å². The molecular formula is C8H13N3O. The van der Waals surface area contributed by atoms with Gasteiger partial charge in [0.1, 0.15) is 6.04 Å². The molecule has 0 aliphatic carbocycles. The molecular weight excluding hydrogens is 154 g/mol. The Bertz CT molecular complexity index is 221. The van der Waals surface area contributed by atoms with E-state index in [1.54, 1.807) is 4.90 Å². The summed E-state index contributed by atoms with van der Waals surface area (Å²) in [6.45, 7) is 1.95. The fourth-order valence-corrected chi connectivity index (χ4v) is 1.64. The van der Waals surface area contributed by atoms with Crippen LogP contribution in [0.4, 0.5) is 0 Å². The van der Waals surface area contributed by atoms with E-state index in [0.29, 0.717) is 0 Å². The molecule has 1 fully saturated rings. The first kappa shape index (κ1) is 9.01. The van der Waals surface area contributed by atoms with Crippen LogP contribution in [-0.2, 0) is 4.79 Å². The molecule has 1 unspecified atom stereocenters. The van der Waals surface area contributed by atoms with Crippen molar-refractivity contribution in [2.75, 3.05) is 6.54 Å². The normalized spacial score (nSPS) is 28.6. The van der Waals surface area contributed by atoms with E-state index in [1.165, 1.54) is 0 Å². The van der Waals surface area contributed by atoms with Gasteiger partial charge in [0.05, 0.1) is 12.6 Å². The van der Waals surface area contributed by atoms with E-state index in [0.717, 1.165) is 12.8 Å². The summed E-state index contributed by atoms with van der Waals surface area (Å²) in [5, 5.41) is 8.71. The third kappa shape index (κ3) is 1.41. The number of carbonyl (C=O) groups is 1. The van der Waals surface area contributed by atoms with Gasteiger partial charge in [0.15, 0.2) is 0 Å². The minimum absolute atomic E-state index is 0.00250. The number of likely N-dealkylation sites (tertiary alicyclic amines) is 1. The minimum atomic E-state index is -0.254. The van der Waals surface area contributed by atoms with Crippen LogP contribution in [0, 0.1) is 11.3 Å². The van der Waals surface area contributed by atoms with E-state index in [4.69, 9.17) is 11.0 Å². The minimum Gasteiger partial charge on any atom is -0.323 e. The Morgan fingerprint density at radius 3 is 2.92 bits per heavy atom. The molecule has 2 N–H and O–H groups in total. The average molecular weight is 167 g/mol. The molecule has 12 heavy (non-hydrogen) atoms. The number of nitrogens with zero attached hydrogens (tertiary/aromatic N) is 2. The van der Waals surface area contributed by atoms with Gasteiger partial charge >= 0.3 is 0 Å². The van der Waals surface area contributed by atoms with Gasteiger partial charge in [-0.05, 0) is 19.8 Å². The number of amides is 1. The van der Waals surface area contributed by atoms with Gasteiger partial charge in [-0.2, -0.15) is 5.26 Å². The maximum absolute atomic E-state index is 11.2. The first-order chi connectivity index (χ1) is 5.70. The van der Waals surface area contributed by atoms with E-state index in [1.807, 2.05) is 6.92 Å². The van der Waals surface area contributed by atoms with Crippen molar-refractivity contribution in [2.24, 2.45) is 5.73 Å². The Hall–Kier alpha value is -1.08. The van der Waals surface area contributed by atoms with Crippen molar-refractivity contribution < 1.29 is 4.79 Å². The van der Waals surface area contributed by atoms with E-state index in [-0.39, 0.29) is 24.5 Å². The van der Waals surface area contributed by atoms with Gasteiger partial charge in [0.25, 0.3) is 0 Å². The lowest BCUT2D eigenvalue weighted by molar-refractivity contribution is -0.131. The Labute approximate surface area is 71.9 Å². The summed E-state index contributed by atoms with van der Waals surface area (Å²) in [6.07, 6.45) is 1.69. The molecule has 1 aliphatic rings. The highest BCUT2D eigenvalue weighted by atomic mass is 16.2. The highest BCUT2D eigenvalue weighted by molar-refractivity contribution is 5.79. The van der Waals surface area contributed by atoms with Crippen molar-refractivity contribution in [3.8, 4) is 6.07 Å². The first-order valence-corrected chi connectivity index (χ1v) is 4.11. The molecule has 66 valence electrons. The summed E-state index contributed by atoms with van der Waals surface area (Å²) >= 11 is 0. The second-order valence-corrected chi connectivity index (χ2v) is 3.08. The smallest absolute Gasteiger partial charge is 0.237 e. The summed E-state index contributed by atoms with van der Waals surface area (Å²) in [4.78, 5) is 12.8. The Kier molecular flexibility index (Phi) is 2.66. The Morgan fingerprint density at radius 1 is 1.75 bits per heavy atom. The van der Waals surface area contributed by atoms with Gasteiger partial charge in [-0.1, -0.05) is 0 Å². The monoisotopic (exact) mass is 167 g/mol. The molecule has 0 bridgehead atoms. The van der Waals surface area contributed by atoms with Crippen molar-refractivity contribution in [3.63, 3.8) is 0 Å². The zero-order chi connectivity index (χ0) is 9.14. The summed E-state index contributed by atoms with van der Waals surface area (Å²) in [6, 6.07) is 2.03. The summed E-state index contributed by atoms with van der Waals surface area (Å²) in [5.74, 6) is -0.119. The van der Waals surface area contributed by atoms with E-state index >= 15 is 0 Å². The molecule has 1 heterocycles. The van der Waals surface area contributed by atoms with Crippen LogP contribution in [0.5, 0.6) is 0 Å². The summed E-state index contributed by atoms with van der Waals surface area (Å²) in [7, 11) is 0. The summed E-state index contributed by atoms with van der Waals surface area (Å²) < 4.78 is 0. The lowest BCUT2D eigenvalue weighted by Crippen LogP contribution is -2.42. The fraction of sp³-hybridized carbons (Fsp3) is 0.750.